The van der Waals surface area contributed by atoms with Crippen molar-refractivity contribution >= 4 is 55.9 Å². The molecule has 1 aromatic heterocycles. The normalized spacial score (nSPS) is 11.6. The molecule has 0 atom stereocenters. The summed E-state index contributed by atoms with van der Waals surface area (Å²) in [4.78, 5) is 27.3. The van der Waals surface area contributed by atoms with Crippen LogP contribution in [-0.4, -0.2) is 38.3 Å². The first-order chi connectivity index (χ1) is 14.7. The van der Waals surface area contributed by atoms with E-state index in [0.29, 0.717) is 5.56 Å². The number of esters is 1. The topological polar surface area (TPSA) is 105 Å². The van der Waals surface area contributed by atoms with Crippen molar-refractivity contribution in [3.63, 3.8) is 0 Å². The number of ketones is 1. The SMILES string of the molecule is CCc1cccc2c(C(=O)COC(=O)CCNS(=O)(=O)c3c(Cl)cccc3Cl)c[nH]c12. The number of hydrogen-bond donors (Lipinski definition) is 2. The van der Waals surface area contributed by atoms with Crippen molar-refractivity contribution in [2.24, 2.45) is 0 Å². The zero-order chi connectivity index (χ0) is 22.6. The maximum Gasteiger partial charge on any atom is 0.307 e. The molecule has 3 rings (SSSR count). The number of hydrogen-bond acceptors (Lipinski definition) is 5. The van der Waals surface area contributed by atoms with E-state index in [2.05, 4.69) is 9.71 Å². The lowest BCUT2D eigenvalue weighted by molar-refractivity contribution is -0.142. The number of carbonyl (C=O) groups is 2. The Bertz CT molecular complexity index is 1220. The molecule has 1 heterocycles. The minimum atomic E-state index is -4.01. The van der Waals surface area contributed by atoms with Gasteiger partial charge in [0.25, 0.3) is 0 Å². The van der Waals surface area contributed by atoms with Gasteiger partial charge in [-0.05, 0) is 24.1 Å². The van der Waals surface area contributed by atoms with E-state index in [4.69, 9.17) is 27.9 Å². The molecule has 0 aliphatic rings. The van der Waals surface area contributed by atoms with Crippen LogP contribution in [0.2, 0.25) is 10.0 Å². The van der Waals surface area contributed by atoms with Crippen molar-refractivity contribution in [1.82, 2.24) is 9.71 Å². The number of sulfonamides is 1. The first-order valence-corrected chi connectivity index (χ1v) is 11.7. The molecule has 0 aliphatic heterocycles. The molecule has 2 aromatic carbocycles. The molecule has 164 valence electrons. The Morgan fingerprint density at radius 2 is 1.77 bits per heavy atom. The van der Waals surface area contributed by atoms with Gasteiger partial charge in [-0.3, -0.25) is 9.59 Å². The highest BCUT2D eigenvalue weighted by Crippen LogP contribution is 2.28. The molecule has 0 spiro atoms. The number of para-hydroxylation sites is 1. The minimum absolute atomic E-state index is 0.0295. The fourth-order valence-electron chi connectivity index (χ4n) is 3.14. The van der Waals surface area contributed by atoms with Gasteiger partial charge in [0.05, 0.1) is 16.5 Å². The van der Waals surface area contributed by atoms with Gasteiger partial charge in [0.1, 0.15) is 4.90 Å². The molecule has 0 radical (unpaired) electrons. The largest absolute Gasteiger partial charge is 0.457 e. The highest BCUT2D eigenvalue weighted by Gasteiger charge is 2.22. The predicted octanol–water partition coefficient (Wildman–Crippen LogP) is 4.13. The predicted molar refractivity (Wildman–Crippen MR) is 119 cm³/mol. The summed E-state index contributed by atoms with van der Waals surface area (Å²) in [6.07, 6.45) is 2.15. The second-order valence-corrected chi connectivity index (χ2v) is 9.20. The molecule has 0 aliphatic carbocycles. The number of aromatic nitrogens is 1. The number of rotatable bonds is 9. The molecular weight excluding hydrogens is 463 g/mol. The number of aromatic amines is 1. The van der Waals surface area contributed by atoms with Crippen LogP contribution in [0.5, 0.6) is 0 Å². The van der Waals surface area contributed by atoms with Crippen LogP contribution >= 0.6 is 23.2 Å². The lowest BCUT2D eigenvalue weighted by atomic mass is 10.1. The molecule has 0 unspecified atom stereocenters. The number of ether oxygens (including phenoxy) is 1. The molecular formula is C21H20Cl2N2O5S. The van der Waals surface area contributed by atoms with Gasteiger partial charge >= 0.3 is 5.97 Å². The molecule has 0 saturated heterocycles. The number of benzene rings is 2. The first-order valence-electron chi connectivity index (χ1n) is 9.46. The Kier molecular flexibility index (Phi) is 7.38. The Balaban J connectivity index is 1.55. The zero-order valence-electron chi connectivity index (χ0n) is 16.6. The van der Waals surface area contributed by atoms with Crippen molar-refractivity contribution in [3.8, 4) is 0 Å². The van der Waals surface area contributed by atoms with Gasteiger partial charge in [0.2, 0.25) is 15.8 Å². The number of nitrogens with one attached hydrogen (secondary N) is 2. The lowest BCUT2D eigenvalue weighted by Gasteiger charge is -2.10. The Hall–Kier alpha value is -2.39. The third-order valence-corrected chi connectivity index (χ3v) is 7.07. The van der Waals surface area contributed by atoms with E-state index in [1.54, 1.807) is 6.20 Å². The lowest BCUT2D eigenvalue weighted by Crippen LogP contribution is -2.27. The number of halogens is 2. The van der Waals surface area contributed by atoms with Gasteiger partial charge in [-0.2, -0.15) is 0 Å². The molecule has 3 aromatic rings. The highest BCUT2D eigenvalue weighted by atomic mass is 35.5. The number of H-pyrrole nitrogens is 1. The zero-order valence-corrected chi connectivity index (χ0v) is 18.9. The summed E-state index contributed by atoms with van der Waals surface area (Å²) in [5, 5.41) is 0.709. The molecule has 0 bridgehead atoms. The number of aryl methyl sites for hydroxylation is 1. The summed E-state index contributed by atoms with van der Waals surface area (Å²) >= 11 is 11.8. The van der Waals surface area contributed by atoms with E-state index in [1.165, 1.54) is 18.2 Å². The van der Waals surface area contributed by atoms with Crippen LogP contribution in [0, 0.1) is 0 Å². The van der Waals surface area contributed by atoms with Crippen LogP contribution in [0.15, 0.2) is 47.5 Å². The number of carbonyl (C=O) groups excluding carboxylic acids is 2. The quantitative estimate of drug-likeness (QED) is 0.352. The maximum atomic E-state index is 12.5. The smallest absolute Gasteiger partial charge is 0.307 e. The maximum absolute atomic E-state index is 12.5. The molecule has 31 heavy (non-hydrogen) atoms. The Morgan fingerprint density at radius 3 is 2.45 bits per heavy atom. The van der Waals surface area contributed by atoms with E-state index >= 15 is 0 Å². The summed E-state index contributed by atoms with van der Waals surface area (Å²) < 4.78 is 32.0. The van der Waals surface area contributed by atoms with Crippen LogP contribution in [0.4, 0.5) is 0 Å². The van der Waals surface area contributed by atoms with Gasteiger partial charge in [0.15, 0.2) is 6.61 Å². The number of Topliss-reactive ketones (excluding diaryl/α,β-unsaturated/α-hetero) is 1. The van der Waals surface area contributed by atoms with E-state index in [-0.39, 0.29) is 33.7 Å². The van der Waals surface area contributed by atoms with Crippen molar-refractivity contribution in [2.45, 2.75) is 24.7 Å². The van der Waals surface area contributed by atoms with Gasteiger partial charge in [-0.25, -0.2) is 13.1 Å². The molecule has 0 fully saturated rings. The average molecular weight is 483 g/mol. The van der Waals surface area contributed by atoms with Crippen LogP contribution in [0.25, 0.3) is 10.9 Å². The number of fused-ring (bicyclic) bond motifs is 1. The van der Waals surface area contributed by atoms with Crippen LogP contribution in [0.1, 0.15) is 29.3 Å². The van der Waals surface area contributed by atoms with E-state index in [0.717, 1.165) is 22.9 Å². The molecule has 7 nitrogen and oxygen atoms in total. The van der Waals surface area contributed by atoms with Gasteiger partial charge in [-0.15, -0.1) is 0 Å². The Labute approximate surface area is 189 Å². The summed E-state index contributed by atoms with van der Waals surface area (Å²) in [5.74, 6) is -1.06. The average Bonchev–Trinajstić information content (AvgIpc) is 3.16. The van der Waals surface area contributed by atoms with Crippen molar-refractivity contribution < 1.29 is 22.7 Å². The van der Waals surface area contributed by atoms with E-state index in [9.17, 15) is 18.0 Å². The fraction of sp³-hybridized carbons (Fsp3) is 0.238. The summed E-state index contributed by atoms with van der Waals surface area (Å²) in [6.45, 7) is 1.35. The monoisotopic (exact) mass is 482 g/mol. The van der Waals surface area contributed by atoms with E-state index < -0.39 is 22.6 Å². The molecule has 10 heteroatoms. The van der Waals surface area contributed by atoms with E-state index in [1.807, 2.05) is 25.1 Å². The first kappa shape index (κ1) is 23.3. The third-order valence-electron chi connectivity index (χ3n) is 4.66. The van der Waals surface area contributed by atoms with Crippen LogP contribution in [0.3, 0.4) is 0 Å². The Morgan fingerprint density at radius 1 is 1.10 bits per heavy atom. The fourth-order valence-corrected chi connectivity index (χ4v) is 5.31. The van der Waals surface area contributed by atoms with Crippen molar-refractivity contribution in [2.75, 3.05) is 13.2 Å². The summed E-state index contributed by atoms with van der Waals surface area (Å²) in [6, 6.07) is 9.99. The van der Waals surface area contributed by atoms with Crippen molar-refractivity contribution in [3.05, 3.63) is 63.8 Å². The van der Waals surface area contributed by atoms with Crippen molar-refractivity contribution in [1.29, 1.82) is 0 Å². The molecule has 0 saturated carbocycles. The third kappa shape index (κ3) is 5.27. The minimum Gasteiger partial charge on any atom is -0.457 e. The summed E-state index contributed by atoms with van der Waals surface area (Å²) in [5.41, 5.74) is 2.40. The molecule has 0 amide bonds. The second-order valence-electron chi connectivity index (χ2n) is 6.68. The molecule has 2 N–H and O–H groups in total. The van der Waals surface area contributed by atoms with Crippen LogP contribution in [-0.2, 0) is 26.0 Å². The standard InChI is InChI=1S/C21H20Cl2N2O5S/c1-2-13-5-3-6-14-15(11-24-20(13)14)18(26)12-30-19(27)9-10-25-31(28,29)21-16(22)7-4-8-17(21)23/h3-8,11,24-25H,2,9-10,12H2,1H3. The second kappa shape index (κ2) is 9.82. The highest BCUT2D eigenvalue weighted by molar-refractivity contribution is 7.89. The van der Waals surface area contributed by atoms with Crippen LogP contribution < -0.4 is 4.72 Å². The summed E-state index contributed by atoms with van der Waals surface area (Å²) in [7, 11) is -4.01. The van der Waals surface area contributed by atoms with Gasteiger partial charge in [0, 0.05) is 29.2 Å². The van der Waals surface area contributed by atoms with Gasteiger partial charge in [-0.1, -0.05) is 54.4 Å². The van der Waals surface area contributed by atoms with Gasteiger partial charge < -0.3 is 9.72 Å².